The Hall–Kier alpha value is -3.18. The van der Waals surface area contributed by atoms with Crippen molar-refractivity contribution in [2.24, 2.45) is 0 Å². The second-order valence-corrected chi connectivity index (χ2v) is 8.86. The predicted molar refractivity (Wildman–Crippen MR) is 125 cm³/mol. The molecule has 0 atom stereocenters. The van der Waals surface area contributed by atoms with Crippen molar-refractivity contribution in [1.82, 2.24) is 14.7 Å². The molecular weight excluding hydrogens is 463 g/mol. The van der Waals surface area contributed by atoms with Gasteiger partial charge in [0.05, 0.1) is 17.0 Å². The lowest BCUT2D eigenvalue weighted by atomic mass is 10.1. The van der Waals surface area contributed by atoms with E-state index in [2.05, 4.69) is 21.9 Å². The second kappa shape index (κ2) is 10.6. The second-order valence-electron chi connectivity index (χ2n) is 8.86. The summed E-state index contributed by atoms with van der Waals surface area (Å²) in [6.45, 7) is 5.95. The third kappa shape index (κ3) is 6.29. The van der Waals surface area contributed by atoms with Crippen LogP contribution in [0.25, 0.3) is 0 Å². The van der Waals surface area contributed by atoms with Crippen molar-refractivity contribution in [2.75, 3.05) is 63.8 Å². The normalized spacial score (nSPS) is 18.0. The van der Waals surface area contributed by atoms with Crippen LogP contribution in [-0.2, 0) is 17.5 Å². The van der Waals surface area contributed by atoms with Crippen molar-refractivity contribution in [2.45, 2.75) is 12.7 Å². The summed E-state index contributed by atoms with van der Waals surface area (Å²) in [5.41, 5.74) is -0.216. The molecule has 2 aromatic carbocycles. The lowest BCUT2D eigenvalue weighted by Crippen LogP contribution is -2.53. The number of nitro groups is 1. The van der Waals surface area contributed by atoms with Crippen LogP contribution in [-0.4, -0.2) is 84.4 Å². The van der Waals surface area contributed by atoms with Crippen LogP contribution in [0.2, 0.25) is 0 Å². The van der Waals surface area contributed by atoms with Gasteiger partial charge in [-0.1, -0.05) is 30.3 Å². The monoisotopic (exact) mass is 491 g/mol. The minimum absolute atomic E-state index is 0.00285. The van der Waals surface area contributed by atoms with E-state index in [1.54, 1.807) is 9.80 Å². The molecule has 0 radical (unpaired) electrons. The first kappa shape index (κ1) is 24.9. The summed E-state index contributed by atoms with van der Waals surface area (Å²) in [6.07, 6.45) is -4.65. The highest BCUT2D eigenvalue weighted by Crippen LogP contribution is 2.36. The molecule has 2 fully saturated rings. The highest BCUT2D eigenvalue weighted by molar-refractivity contribution is 5.78. The SMILES string of the molecule is O=C(CN1CCN(Cc2ccccc2)CC1)N1CCN(c2ccc(C(F)(F)F)cc2[N+](=O)[O-])CC1. The minimum atomic E-state index is -4.65. The smallest absolute Gasteiger partial charge is 0.362 e. The summed E-state index contributed by atoms with van der Waals surface area (Å²) in [6, 6.07) is 12.8. The fourth-order valence-electron chi connectivity index (χ4n) is 4.55. The van der Waals surface area contributed by atoms with Gasteiger partial charge in [-0.15, -0.1) is 0 Å². The first-order valence-electron chi connectivity index (χ1n) is 11.6. The van der Waals surface area contributed by atoms with Gasteiger partial charge in [0.25, 0.3) is 5.69 Å². The van der Waals surface area contributed by atoms with Crippen molar-refractivity contribution < 1.29 is 22.9 Å². The summed E-state index contributed by atoms with van der Waals surface area (Å²) in [5.74, 6) is 0.00285. The zero-order valence-electron chi connectivity index (χ0n) is 19.3. The van der Waals surface area contributed by atoms with Crippen LogP contribution in [0.3, 0.4) is 0 Å². The molecule has 11 heteroatoms. The van der Waals surface area contributed by atoms with Gasteiger partial charge in [0.1, 0.15) is 5.69 Å². The molecule has 0 bridgehead atoms. The molecule has 2 saturated heterocycles. The van der Waals surface area contributed by atoms with E-state index in [1.807, 2.05) is 18.2 Å². The Morgan fingerprint density at radius 2 is 1.51 bits per heavy atom. The van der Waals surface area contributed by atoms with Gasteiger partial charge in [0, 0.05) is 65.0 Å². The molecule has 2 aromatic rings. The van der Waals surface area contributed by atoms with Crippen LogP contribution in [0.1, 0.15) is 11.1 Å². The molecule has 0 spiro atoms. The van der Waals surface area contributed by atoms with E-state index in [-0.39, 0.29) is 11.6 Å². The molecule has 0 unspecified atom stereocenters. The number of hydrogen-bond acceptors (Lipinski definition) is 6. The number of anilines is 1. The van der Waals surface area contributed by atoms with E-state index in [0.717, 1.165) is 44.9 Å². The van der Waals surface area contributed by atoms with Gasteiger partial charge in [-0.2, -0.15) is 13.2 Å². The van der Waals surface area contributed by atoms with E-state index in [0.29, 0.717) is 38.8 Å². The van der Waals surface area contributed by atoms with Crippen LogP contribution in [0.5, 0.6) is 0 Å². The first-order chi connectivity index (χ1) is 16.7. The van der Waals surface area contributed by atoms with Gasteiger partial charge < -0.3 is 9.80 Å². The standard InChI is InChI=1S/C24H28F3N5O3/c25-24(26,27)20-6-7-21(22(16-20)32(34)35)30-12-14-31(15-13-30)23(33)18-29-10-8-28(9-11-29)17-19-4-2-1-3-5-19/h1-7,16H,8-15,17-18H2. The van der Waals surface area contributed by atoms with E-state index in [1.165, 1.54) is 5.56 Å². The number of piperazine rings is 2. The quantitative estimate of drug-likeness (QED) is 0.457. The van der Waals surface area contributed by atoms with Crippen molar-refractivity contribution >= 4 is 17.3 Å². The van der Waals surface area contributed by atoms with Crippen LogP contribution in [0, 0.1) is 10.1 Å². The molecule has 4 rings (SSSR count). The molecule has 8 nitrogen and oxygen atoms in total. The molecule has 2 heterocycles. The molecule has 2 aliphatic rings. The molecule has 188 valence electrons. The van der Waals surface area contributed by atoms with Gasteiger partial charge in [-0.05, 0) is 17.7 Å². The average Bonchev–Trinajstić information content (AvgIpc) is 2.85. The van der Waals surface area contributed by atoms with Crippen molar-refractivity contribution in [3.05, 3.63) is 69.8 Å². The van der Waals surface area contributed by atoms with E-state index >= 15 is 0 Å². The highest BCUT2D eigenvalue weighted by atomic mass is 19.4. The Bertz CT molecular complexity index is 1030. The van der Waals surface area contributed by atoms with E-state index < -0.39 is 22.4 Å². The number of nitro benzene ring substituents is 1. The van der Waals surface area contributed by atoms with Crippen LogP contribution < -0.4 is 4.90 Å². The fourth-order valence-corrected chi connectivity index (χ4v) is 4.55. The number of benzene rings is 2. The van der Waals surface area contributed by atoms with Crippen LogP contribution in [0.4, 0.5) is 24.5 Å². The van der Waals surface area contributed by atoms with Crippen molar-refractivity contribution in [3.8, 4) is 0 Å². The Morgan fingerprint density at radius 3 is 2.11 bits per heavy atom. The summed E-state index contributed by atoms with van der Waals surface area (Å²) >= 11 is 0. The first-order valence-corrected chi connectivity index (χ1v) is 11.6. The van der Waals surface area contributed by atoms with E-state index in [4.69, 9.17) is 0 Å². The zero-order valence-corrected chi connectivity index (χ0v) is 19.3. The highest BCUT2D eigenvalue weighted by Gasteiger charge is 2.34. The molecule has 0 aliphatic carbocycles. The number of carbonyl (C=O) groups excluding carboxylic acids is 1. The Balaban J connectivity index is 1.27. The van der Waals surface area contributed by atoms with Crippen LogP contribution >= 0.6 is 0 Å². The lowest BCUT2D eigenvalue weighted by Gasteiger charge is -2.38. The minimum Gasteiger partial charge on any atom is -0.362 e. The zero-order chi connectivity index (χ0) is 25.0. The summed E-state index contributed by atoms with van der Waals surface area (Å²) in [7, 11) is 0. The van der Waals surface area contributed by atoms with E-state index in [9.17, 15) is 28.1 Å². The molecule has 0 N–H and O–H groups in total. The molecule has 35 heavy (non-hydrogen) atoms. The molecule has 0 saturated carbocycles. The predicted octanol–water partition coefficient (Wildman–Crippen LogP) is 3.08. The molecular formula is C24H28F3N5O3. The Labute approximate surface area is 201 Å². The van der Waals surface area contributed by atoms with Crippen LogP contribution in [0.15, 0.2) is 48.5 Å². The maximum Gasteiger partial charge on any atom is 0.416 e. The van der Waals surface area contributed by atoms with Gasteiger partial charge >= 0.3 is 6.18 Å². The number of hydrogen-bond donors (Lipinski definition) is 0. The van der Waals surface area contributed by atoms with Gasteiger partial charge in [0.15, 0.2) is 0 Å². The molecule has 2 aliphatic heterocycles. The third-order valence-electron chi connectivity index (χ3n) is 6.55. The largest absolute Gasteiger partial charge is 0.416 e. The number of rotatable bonds is 6. The molecule has 0 aromatic heterocycles. The van der Waals surface area contributed by atoms with Gasteiger partial charge in [-0.3, -0.25) is 24.7 Å². The maximum atomic E-state index is 13.0. The van der Waals surface area contributed by atoms with Gasteiger partial charge in [0.2, 0.25) is 5.91 Å². The maximum absolute atomic E-state index is 13.0. The number of halogens is 3. The van der Waals surface area contributed by atoms with Crippen molar-refractivity contribution in [3.63, 3.8) is 0 Å². The average molecular weight is 492 g/mol. The number of alkyl halides is 3. The summed E-state index contributed by atoms with van der Waals surface area (Å²) < 4.78 is 38.9. The number of nitrogens with zero attached hydrogens (tertiary/aromatic N) is 5. The van der Waals surface area contributed by atoms with Gasteiger partial charge in [-0.25, -0.2) is 0 Å². The Morgan fingerprint density at radius 1 is 0.886 bits per heavy atom. The fraction of sp³-hybridized carbons (Fsp3) is 0.458. The third-order valence-corrected chi connectivity index (χ3v) is 6.55. The number of amides is 1. The summed E-state index contributed by atoms with van der Waals surface area (Å²) in [5, 5.41) is 11.4. The summed E-state index contributed by atoms with van der Waals surface area (Å²) in [4.78, 5) is 31.3. The van der Waals surface area contributed by atoms with Crippen molar-refractivity contribution in [1.29, 1.82) is 0 Å². The molecule has 1 amide bonds. The topological polar surface area (TPSA) is 73.2 Å². The number of carbonyl (C=O) groups is 1. The Kier molecular flexibility index (Phi) is 7.56. The lowest BCUT2D eigenvalue weighted by molar-refractivity contribution is -0.384.